The number of para-hydroxylation sites is 1. The van der Waals surface area contributed by atoms with Crippen molar-refractivity contribution in [3.8, 4) is 0 Å². The Bertz CT molecular complexity index is 814. The van der Waals surface area contributed by atoms with Gasteiger partial charge in [-0.2, -0.15) is 0 Å². The highest BCUT2D eigenvalue weighted by atomic mass is 16.5. The third-order valence-corrected chi connectivity index (χ3v) is 5.57. The number of hydrogen-bond donors (Lipinski definition) is 1. The largest absolute Gasteiger partial charge is 0.376 e. The summed E-state index contributed by atoms with van der Waals surface area (Å²) >= 11 is 0. The van der Waals surface area contributed by atoms with Gasteiger partial charge in [0.15, 0.2) is 0 Å². The number of carbonyl (C=O) groups excluding carboxylic acids is 1. The van der Waals surface area contributed by atoms with Crippen molar-refractivity contribution in [2.75, 3.05) is 29.5 Å². The molecule has 1 amide bonds. The topological polar surface area (TPSA) is 48.6 Å². The third kappa shape index (κ3) is 2.45. The molecule has 1 aliphatic carbocycles. The summed E-state index contributed by atoms with van der Waals surface area (Å²) in [6, 6.07) is 8.91. The van der Waals surface area contributed by atoms with Crippen LogP contribution in [-0.2, 0) is 17.8 Å². The van der Waals surface area contributed by atoms with E-state index in [4.69, 9.17) is 4.74 Å². The van der Waals surface area contributed by atoms with Gasteiger partial charge in [0.25, 0.3) is 5.91 Å². The van der Waals surface area contributed by atoms with Gasteiger partial charge in [-0.3, -0.25) is 4.79 Å². The summed E-state index contributed by atoms with van der Waals surface area (Å²) in [6.45, 7) is 5.13. The fourth-order valence-corrected chi connectivity index (χ4v) is 4.15. The predicted octanol–water partition coefficient (Wildman–Crippen LogP) is 3.03. The number of ether oxygens (including phenoxy) is 1. The zero-order valence-corrected chi connectivity index (χ0v) is 14.5. The number of aryl methyl sites for hydroxylation is 1. The lowest BCUT2D eigenvalue weighted by Crippen LogP contribution is -2.45. The maximum atomic E-state index is 13.2. The zero-order valence-electron chi connectivity index (χ0n) is 14.5. The molecule has 130 valence electrons. The van der Waals surface area contributed by atoms with Gasteiger partial charge in [0.2, 0.25) is 0 Å². The van der Waals surface area contributed by atoms with Crippen LogP contribution in [0.2, 0.25) is 0 Å². The number of benzene rings is 1. The second-order valence-electron chi connectivity index (χ2n) is 7.31. The van der Waals surface area contributed by atoms with Crippen LogP contribution in [-0.4, -0.2) is 36.6 Å². The average Bonchev–Trinajstić information content (AvgIpc) is 3.38. The zero-order chi connectivity index (χ0) is 17.0. The quantitative estimate of drug-likeness (QED) is 0.916. The smallest absolute Gasteiger partial charge is 0.274 e. The molecule has 1 aromatic carbocycles. The van der Waals surface area contributed by atoms with Gasteiger partial charge in [0, 0.05) is 31.2 Å². The standard InChI is InChI=1S/C20H23N3O2/c1-13-3-2-4-18-19(13)22(15-5-6-15)8-9-23(18)20(24)17-11-14-12-25-10-7-16(14)21-17/h2-4,11,15,21H,5-10,12H2,1H3. The number of anilines is 2. The van der Waals surface area contributed by atoms with Crippen molar-refractivity contribution in [2.24, 2.45) is 0 Å². The van der Waals surface area contributed by atoms with E-state index in [1.807, 2.05) is 11.0 Å². The first kappa shape index (κ1) is 15.0. The van der Waals surface area contributed by atoms with Crippen molar-refractivity contribution in [3.05, 3.63) is 46.8 Å². The van der Waals surface area contributed by atoms with Crippen molar-refractivity contribution < 1.29 is 9.53 Å². The Morgan fingerprint density at radius 1 is 1.28 bits per heavy atom. The molecule has 0 spiro atoms. The van der Waals surface area contributed by atoms with E-state index in [0.717, 1.165) is 43.1 Å². The molecule has 5 heteroatoms. The summed E-state index contributed by atoms with van der Waals surface area (Å²) in [4.78, 5) is 21.0. The number of rotatable bonds is 2. The Balaban J connectivity index is 1.51. The van der Waals surface area contributed by atoms with Gasteiger partial charge >= 0.3 is 0 Å². The minimum Gasteiger partial charge on any atom is -0.376 e. The van der Waals surface area contributed by atoms with Crippen molar-refractivity contribution in [1.29, 1.82) is 0 Å². The van der Waals surface area contributed by atoms with E-state index in [1.54, 1.807) is 0 Å². The molecule has 1 aromatic heterocycles. The van der Waals surface area contributed by atoms with E-state index in [1.165, 1.54) is 24.1 Å². The van der Waals surface area contributed by atoms with Crippen LogP contribution in [0.4, 0.5) is 11.4 Å². The number of aromatic amines is 1. The molecule has 0 bridgehead atoms. The van der Waals surface area contributed by atoms with Crippen molar-refractivity contribution in [3.63, 3.8) is 0 Å². The summed E-state index contributed by atoms with van der Waals surface area (Å²) in [6.07, 6.45) is 3.39. The summed E-state index contributed by atoms with van der Waals surface area (Å²) in [5.41, 5.74) is 6.49. The molecule has 0 radical (unpaired) electrons. The van der Waals surface area contributed by atoms with Crippen molar-refractivity contribution >= 4 is 17.3 Å². The highest BCUT2D eigenvalue weighted by Crippen LogP contribution is 2.42. The average molecular weight is 337 g/mol. The Kier molecular flexibility index (Phi) is 3.38. The number of hydrogen-bond acceptors (Lipinski definition) is 3. The highest BCUT2D eigenvalue weighted by Gasteiger charge is 2.36. The summed E-state index contributed by atoms with van der Waals surface area (Å²) < 4.78 is 5.50. The Hall–Kier alpha value is -2.27. The number of nitrogens with one attached hydrogen (secondary N) is 1. The maximum Gasteiger partial charge on any atom is 0.274 e. The molecule has 5 rings (SSSR count). The van der Waals surface area contributed by atoms with Crippen LogP contribution in [0.1, 0.15) is 40.2 Å². The van der Waals surface area contributed by atoms with Gasteiger partial charge < -0.3 is 19.5 Å². The molecule has 0 atom stereocenters. The molecular weight excluding hydrogens is 314 g/mol. The fourth-order valence-electron chi connectivity index (χ4n) is 4.15. The van der Waals surface area contributed by atoms with E-state index in [0.29, 0.717) is 18.3 Å². The lowest BCUT2D eigenvalue weighted by molar-refractivity contribution is 0.0982. The van der Waals surface area contributed by atoms with E-state index in [9.17, 15) is 4.79 Å². The number of aromatic nitrogens is 1. The molecule has 0 unspecified atom stereocenters. The molecule has 5 nitrogen and oxygen atoms in total. The highest BCUT2D eigenvalue weighted by molar-refractivity contribution is 6.08. The number of nitrogens with zero attached hydrogens (tertiary/aromatic N) is 2. The molecule has 1 saturated carbocycles. The molecule has 25 heavy (non-hydrogen) atoms. The Morgan fingerprint density at radius 3 is 2.96 bits per heavy atom. The van der Waals surface area contributed by atoms with Gasteiger partial charge in [-0.25, -0.2) is 0 Å². The molecule has 3 aliphatic rings. The van der Waals surface area contributed by atoms with Crippen molar-refractivity contribution in [2.45, 2.75) is 38.8 Å². The Labute approximate surface area is 147 Å². The van der Waals surface area contributed by atoms with Crippen LogP contribution in [0.5, 0.6) is 0 Å². The van der Waals surface area contributed by atoms with Gasteiger partial charge in [-0.1, -0.05) is 12.1 Å². The number of amides is 1. The normalized spacial score (nSPS) is 19.6. The van der Waals surface area contributed by atoms with Gasteiger partial charge in [0.1, 0.15) is 5.69 Å². The van der Waals surface area contributed by atoms with E-state index in [2.05, 4.69) is 35.0 Å². The summed E-state index contributed by atoms with van der Waals surface area (Å²) in [5, 5.41) is 0. The molecular formula is C20H23N3O2. The summed E-state index contributed by atoms with van der Waals surface area (Å²) in [7, 11) is 0. The van der Waals surface area contributed by atoms with Crippen LogP contribution in [0, 0.1) is 6.92 Å². The third-order valence-electron chi connectivity index (χ3n) is 5.57. The molecule has 2 aliphatic heterocycles. The molecule has 0 saturated heterocycles. The lowest BCUT2D eigenvalue weighted by atomic mass is 10.1. The number of H-pyrrole nitrogens is 1. The van der Waals surface area contributed by atoms with Gasteiger partial charge in [0.05, 0.1) is 24.6 Å². The SMILES string of the molecule is Cc1cccc2c1N(C1CC1)CCN2C(=O)c1cc2c([nH]1)CCOC2. The van der Waals surface area contributed by atoms with E-state index >= 15 is 0 Å². The lowest BCUT2D eigenvalue weighted by Gasteiger charge is -2.39. The second-order valence-corrected chi connectivity index (χ2v) is 7.31. The van der Waals surface area contributed by atoms with Crippen molar-refractivity contribution in [1.82, 2.24) is 4.98 Å². The van der Waals surface area contributed by atoms with Crippen LogP contribution in [0.15, 0.2) is 24.3 Å². The second kappa shape index (κ2) is 5.63. The first-order valence-electron chi connectivity index (χ1n) is 9.19. The maximum absolute atomic E-state index is 13.2. The molecule has 2 aromatic rings. The first-order valence-corrected chi connectivity index (χ1v) is 9.19. The molecule has 1 N–H and O–H groups in total. The number of fused-ring (bicyclic) bond motifs is 2. The molecule has 3 heterocycles. The predicted molar refractivity (Wildman–Crippen MR) is 97.4 cm³/mol. The van der Waals surface area contributed by atoms with Crippen LogP contribution in [0.3, 0.4) is 0 Å². The minimum atomic E-state index is 0.0664. The van der Waals surface area contributed by atoms with Gasteiger partial charge in [-0.05, 0) is 43.0 Å². The summed E-state index contributed by atoms with van der Waals surface area (Å²) in [5.74, 6) is 0.0664. The Morgan fingerprint density at radius 2 is 2.16 bits per heavy atom. The first-order chi connectivity index (χ1) is 12.2. The fraction of sp³-hybridized carbons (Fsp3) is 0.450. The molecule has 1 fully saturated rings. The van der Waals surface area contributed by atoms with Crippen LogP contribution >= 0.6 is 0 Å². The monoisotopic (exact) mass is 337 g/mol. The van der Waals surface area contributed by atoms with Gasteiger partial charge in [-0.15, -0.1) is 0 Å². The van der Waals surface area contributed by atoms with E-state index < -0.39 is 0 Å². The van der Waals surface area contributed by atoms with E-state index in [-0.39, 0.29) is 5.91 Å². The van der Waals surface area contributed by atoms with Crippen LogP contribution < -0.4 is 9.80 Å². The minimum absolute atomic E-state index is 0.0664. The number of carbonyl (C=O) groups is 1. The van der Waals surface area contributed by atoms with Crippen LogP contribution in [0.25, 0.3) is 0 Å².